The summed E-state index contributed by atoms with van der Waals surface area (Å²) < 4.78 is 5.39. The van der Waals surface area contributed by atoms with Gasteiger partial charge in [-0.1, -0.05) is 19.9 Å². The Balaban J connectivity index is 1.49. The summed E-state index contributed by atoms with van der Waals surface area (Å²) in [5.41, 5.74) is 1.23. The van der Waals surface area contributed by atoms with Gasteiger partial charge in [0.15, 0.2) is 11.6 Å². The number of methoxy groups -OCH3 is 1. The minimum absolute atomic E-state index is 0.0553. The third-order valence-corrected chi connectivity index (χ3v) is 6.76. The Hall–Kier alpha value is -3.20. The molecule has 0 spiro atoms. The van der Waals surface area contributed by atoms with Crippen LogP contribution in [-0.4, -0.2) is 72.6 Å². The molecule has 2 aliphatic rings. The third-order valence-electron chi connectivity index (χ3n) is 6.76. The molecule has 2 saturated heterocycles. The molecule has 9 nitrogen and oxygen atoms in total. The molecule has 3 atom stereocenters. The van der Waals surface area contributed by atoms with Gasteiger partial charge in [-0.15, -0.1) is 0 Å². The first-order valence-corrected chi connectivity index (χ1v) is 12.3. The van der Waals surface area contributed by atoms with Crippen molar-refractivity contribution < 1.29 is 23.9 Å². The van der Waals surface area contributed by atoms with Crippen LogP contribution in [0.3, 0.4) is 0 Å². The Morgan fingerprint density at radius 2 is 2.00 bits per heavy atom. The average Bonchev–Trinajstić information content (AvgIpc) is 3.45. The number of nitrogens with zero attached hydrogens (tertiary/aromatic N) is 1. The van der Waals surface area contributed by atoms with Crippen LogP contribution in [-0.2, 0) is 14.4 Å². The third kappa shape index (κ3) is 5.90. The monoisotopic (exact) mass is 482 g/mol. The molecule has 0 radical (unpaired) electrons. The van der Waals surface area contributed by atoms with E-state index in [0.717, 1.165) is 10.9 Å². The molecule has 188 valence electrons. The van der Waals surface area contributed by atoms with E-state index in [2.05, 4.69) is 15.6 Å². The summed E-state index contributed by atoms with van der Waals surface area (Å²) in [7, 11) is 1.58. The normalized spacial score (nSPS) is 20.1. The van der Waals surface area contributed by atoms with Gasteiger partial charge >= 0.3 is 0 Å². The highest BCUT2D eigenvalue weighted by atomic mass is 16.5. The highest BCUT2D eigenvalue weighted by Gasteiger charge is 2.37. The van der Waals surface area contributed by atoms with Crippen LogP contribution < -0.4 is 15.4 Å². The van der Waals surface area contributed by atoms with Crippen molar-refractivity contribution in [2.75, 3.05) is 33.3 Å². The van der Waals surface area contributed by atoms with Crippen molar-refractivity contribution in [3.63, 3.8) is 0 Å². The van der Waals surface area contributed by atoms with Gasteiger partial charge in [0, 0.05) is 42.9 Å². The summed E-state index contributed by atoms with van der Waals surface area (Å²) in [6.45, 7) is 5.32. The molecule has 1 aromatic carbocycles. The maximum Gasteiger partial charge on any atom is 0.241 e. The predicted octanol–water partition coefficient (Wildman–Crippen LogP) is 1.92. The van der Waals surface area contributed by atoms with E-state index >= 15 is 0 Å². The number of aromatic amines is 1. The molecule has 9 heteroatoms. The smallest absolute Gasteiger partial charge is 0.241 e. The summed E-state index contributed by atoms with van der Waals surface area (Å²) >= 11 is 0. The zero-order valence-corrected chi connectivity index (χ0v) is 20.6. The molecule has 3 N–H and O–H groups in total. The van der Waals surface area contributed by atoms with E-state index in [-0.39, 0.29) is 60.8 Å². The van der Waals surface area contributed by atoms with Crippen LogP contribution in [0, 0.1) is 17.8 Å². The molecule has 0 bridgehead atoms. The molecule has 0 saturated carbocycles. The lowest BCUT2D eigenvalue weighted by Gasteiger charge is -2.26. The summed E-state index contributed by atoms with van der Waals surface area (Å²) in [5.74, 6) is -0.488. The Kier molecular flexibility index (Phi) is 7.54. The molecular formula is C26H34N4O5. The first-order valence-electron chi connectivity index (χ1n) is 12.3. The molecule has 1 aromatic heterocycles. The second-order valence-electron chi connectivity index (χ2n) is 9.98. The number of hydrogen-bond acceptors (Lipinski definition) is 6. The number of rotatable bonds is 12. The van der Waals surface area contributed by atoms with E-state index in [1.807, 2.05) is 32.0 Å². The van der Waals surface area contributed by atoms with Gasteiger partial charge in [0.1, 0.15) is 5.75 Å². The maximum atomic E-state index is 13.4. The second-order valence-corrected chi connectivity index (χ2v) is 9.98. The molecule has 1 unspecified atom stereocenters. The molecule has 35 heavy (non-hydrogen) atoms. The number of Topliss-reactive ketones (excluding diaryl/α,β-unsaturated/α-hetero) is 2. The number of carbonyl (C=O) groups excluding carboxylic acids is 4. The zero-order chi connectivity index (χ0) is 25.1. The van der Waals surface area contributed by atoms with Gasteiger partial charge in [0.05, 0.1) is 31.3 Å². The van der Waals surface area contributed by atoms with Crippen LogP contribution >= 0.6 is 0 Å². The van der Waals surface area contributed by atoms with Crippen molar-refractivity contribution in [2.45, 2.75) is 39.2 Å². The van der Waals surface area contributed by atoms with Crippen molar-refractivity contribution in [3.05, 3.63) is 30.0 Å². The summed E-state index contributed by atoms with van der Waals surface area (Å²) in [5, 5.41) is 6.59. The lowest BCUT2D eigenvalue weighted by molar-refractivity contribution is -0.137. The van der Waals surface area contributed by atoms with Gasteiger partial charge < -0.3 is 25.3 Å². The van der Waals surface area contributed by atoms with E-state index < -0.39 is 5.92 Å². The number of aromatic nitrogens is 1. The van der Waals surface area contributed by atoms with E-state index in [9.17, 15) is 19.2 Å². The molecule has 3 heterocycles. The van der Waals surface area contributed by atoms with Gasteiger partial charge in [0.2, 0.25) is 11.8 Å². The standard InChI is InChI=1S/C26H34N4O5/c1-15(2)9-17(10-22(31)20-11-18-19(29-20)5-4-6-24(18)35-3)23(32)14-30(26(34)21-12-28-21)13-16-7-8-27-25(16)33/h4-6,11,15-17,21,28-29H,7-10,12-14H2,1-3H3,(H,27,33)/t16-,17+,21?/m0/s1. The fourth-order valence-electron chi connectivity index (χ4n) is 4.78. The SMILES string of the molecule is COc1cccc2[nH]c(C(=O)C[C@@H](CC(C)C)C(=O)CN(C[C@@H]3CCNC3=O)C(=O)C3CN3)cc12. The number of fused-ring (bicyclic) bond motifs is 1. The van der Waals surface area contributed by atoms with Crippen molar-refractivity contribution in [2.24, 2.45) is 17.8 Å². The largest absolute Gasteiger partial charge is 0.496 e. The van der Waals surface area contributed by atoms with Gasteiger partial charge in [-0.2, -0.15) is 0 Å². The summed E-state index contributed by atoms with van der Waals surface area (Å²) in [6, 6.07) is 7.03. The fraction of sp³-hybridized carbons (Fsp3) is 0.538. The quantitative estimate of drug-likeness (QED) is 0.313. The van der Waals surface area contributed by atoms with Crippen LogP contribution in [0.15, 0.2) is 24.3 Å². The zero-order valence-electron chi connectivity index (χ0n) is 20.6. The summed E-state index contributed by atoms with van der Waals surface area (Å²) in [6.07, 6.45) is 1.24. The van der Waals surface area contributed by atoms with Crippen molar-refractivity contribution in [3.8, 4) is 5.75 Å². The Bertz CT molecular complexity index is 1120. The van der Waals surface area contributed by atoms with Crippen LogP contribution in [0.1, 0.15) is 43.6 Å². The van der Waals surface area contributed by atoms with Crippen LogP contribution in [0.2, 0.25) is 0 Å². The van der Waals surface area contributed by atoms with Crippen molar-refractivity contribution in [1.29, 1.82) is 0 Å². The molecule has 2 aliphatic heterocycles. The first-order chi connectivity index (χ1) is 16.8. The maximum absolute atomic E-state index is 13.4. The fourth-order valence-corrected chi connectivity index (χ4v) is 4.78. The van der Waals surface area contributed by atoms with Crippen LogP contribution in [0.5, 0.6) is 5.75 Å². The van der Waals surface area contributed by atoms with Gasteiger partial charge in [-0.05, 0) is 37.0 Å². The molecule has 2 aromatic rings. The number of ether oxygens (including phenoxy) is 1. The van der Waals surface area contributed by atoms with Gasteiger partial charge in [-0.25, -0.2) is 0 Å². The molecule has 2 fully saturated rings. The minimum Gasteiger partial charge on any atom is -0.496 e. The second kappa shape index (κ2) is 10.6. The number of hydrogen-bond donors (Lipinski definition) is 3. The highest BCUT2D eigenvalue weighted by molar-refractivity contribution is 6.03. The Morgan fingerprint density at radius 1 is 1.23 bits per heavy atom. The Morgan fingerprint density at radius 3 is 2.63 bits per heavy atom. The van der Waals surface area contributed by atoms with Crippen LogP contribution in [0.4, 0.5) is 0 Å². The topological polar surface area (TPSA) is 131 Å². The number of carbonyl (C=O) groups is 4. The molecule has 2 amide bonds. The minimum atomic E-state index is -0.518. The van der Waals surface area contributed by atoms with Crippen molar-refractivity contribution >= 4 is 34.3 Å². The lowest BCUT2D eigenvalue weighted by Crippen LogP contribution is -2.45. The van der Waals surface area contributed by atoms with E-state index in [1.54, 1.807) is 13.2 Å². The van der Waals surface area contributed by atoms with E-state index in [4.69, 9.17) is 4.74 Å². The highest BCUT2D eigenvalue weighted by Crippen LogP contribution is 2.28. The van der Waals surface area contributed by atoms with E-state index in [1.165, 1.54) is 4.90 Å². The van der Waals surface area contributed by atoms with E-state index in [0.29, 0.717) is 37.4 Å². The number of amides is 2. The molecular weight excluding hydrogens is 448 g/mol. The number of nitrogens with one attached hydrogen (secondary N) is 3. The van der Waals surface area contributed by atoms with Crippen molar-refractivity contribution in [1.82, 2.24) is 20.5 Å². The lowest BCUT2D eigenvalue weighted by atomic mass is 9.88. The van der Waals surface area contributed by atoms with Crippen LogP contribution in [0.25, 0.3) is 10.9 Å². The molecule has 0 aliphatic carbocycles. The molecule has 4 rings (SSSR count). The number of H-pyrrole nitrogens is 1. The Labute approximate surface area is 204 Å². The van der Waals surface area contributed by atoms with Gasteiger partial charge in [0.25, 0.3) is 0 Å². The number of benzene rings is 1. The summed E-state index contributed by atoms with van der Waals surface area (Å²) in [4.78, 5) is 56.3. The number of ketones is 2. The predicted molar refractivity (Wildman–Crippen MR) is 131 cm³/mol. The van der Waals surface area contributed by atoms with Gasteiger partial charge in [-0.3, -0.25) is 19.2 Å². The first kappa shape index (κ1) is 24.9. The average molecular weight is 483 g/mol.